The van der Waals surface area contributed by atoms with Crippen molar-refractivity contribution in [2.45, 2.75) is 31.8 Å². The standard InChI is InChI=1S/C22H26N2O4/c1-27-17-10-6-15(7-11-17)14-23-22(26)19-4-3-5-20(19)24-21(25)16-8-12-18(28-2)13-9-16/h6-13,19-20H,3-5,14H2,1-2H3,(H,23,26)(H,24,25)/t19-,20+/m0/s1. The quantitative estimate of drug-likeness (QED) is 0.772. The summed E-state index contributed by atoms with van der Waals surface area (Å²) in [6.07, 6.45) is 2.51. The number of benzene rings is 2. The summed E-state index contributed by atoms with van der Waals surface area (Å²) in [7, 11) is 3.21. The predicted octanol–water partition coefficient (Wildman–Crippen LogP) is 2.92. The Hall–Kier alpha value is -3.02. The topological polar surface area (TPSA) is 76.7 Å². The monoisotopic (exact) mass is 382 g/mol. The lowest BCUT2D eigenvalue weighted by atomic mass is 10.0. The van der Waals surface area contributed by atoms with Crippen LogP contribution in [-0.2, 0) is 11.3 Å². The van der Waals surface area contributed by atoms with Gasteiger partial charge < -0.3 is 20.1 Å². The first-order chi connectivity index (χ1) is 13.6. The molecular weight excluding hydrogens is 356 g/mol. The molecule has 0 aliphatic heterocycles. The van der Waals surface area contributed by atoms with E-state index in [1.54, 1.807) is 38.5 Å². The van der Waals surface area contributed by atoms with Gasteiger partial charge in [0.2, 0.25) is 5.91 Å². The molecule has 28 heavy (non-hydrogen) atoms. The molecule has 3 rings (SSSR count). The molecule has 1 fully saturated rings. The Morgan fingerprint density at radius 2 is 1.54 bits per heavy atom. The van der Waals surface area contributed by atoms with Crippen LogP contribution in [0.1, 0.15) is 35.2 Å². The zero-order valence-corrected chi connectivity index (χ0v) is 16.2. The van der Waals surface area contributed by atoms with Gasteiger partial charge in [-0.2, -0.15) is 0 Å². The largest absolute Gasteiger partial charge is 0.497 e. The Bertz CT molecular complexity index is 802. The predicted molar refractivity (Wildman–Crippen MR) is 106 cm³/mol. The Morgan fingerprint density at radius 3 is 2.14 bits per heavy atom. The molecule has 2 aromatic rings. The molecule has 0 saturated heterocycles. The van der Waals surface area contributed by atoms with E-state index in [0.29, 0.717) is 17.9 Å². The fourth-order valence-electron chi connectivity index (χ4n) is 3.50. The van der Waals surface area contributed by atoms with Crippen molar-refractivity contribution in [3.63, 3.8) is 0 Å². The molecule has 2 N–H and O–H groups in total. The normalized spacial score (nSPS) is 18.4. The molecule has 1 saturated carbocycles. The molecule has 1 aliphatic rings. The highest BCUT2D eigenvalue weighted by atomic mass is 16.5. The van der Waals surface area contributed by atoms with Crippen LogP contribution in [0.2, 0.25) is 0 Å². The van der Waals surface area contributed by atoms with Gasteiger partial charge in [0.1, 0.15) is 11.5 Å². The lowest BCUT2D eigenvalue weighted by Gasteiger charge is -2.20. The highest BCUT2D eigenvalue weighted by molar-refractivity contribution is 5.95. The molecule has 0 aromatic heterocycles. The second kappa shape index (κ2) is 9.26. The summed E-state index contributed by atoms with van der Waals surface area (Å²) in [5, 5.41) is 6.01. The summed E-state index contributed by atoms with van der Waals surface area (Å²) in [4.78, 5) is 25.2. The number of ether oxygens (including phenoxy) is 2. The van der Waals surface area contributed by atoms with E-state index in [2.05, 4.69) is 10.6 Å². The Morgan fingerprint density at radius 1 is 0.929 bits per heavy atom. The van der Waals surface area contributed by atoms with Crippen molar-refractivity contribution < 1.29 is 19.1 Å². The summed E-state index contributed by atoms with van der Waals surface area (Å²) in [6.45, 7) is 0.457. The first kappa shape index (κ1) is 19.7. The Kier molecular flexibility index (Phi) is 6.53. The molecule has 2 atom stereocenters. The van der Waals surface area contributed by atoms with Crippen LogP contribution in [0, 0.1) is 5.92 Å². The van der Waals surface area contributed by atoms with Gasteiger partial charge in [-0.3, -0.25) is 9.59 Å². The van der Waals surface area contributed by atoms with Gasteiger partial charge in [0.05, 0.1) is 20.1 Å². The number of carbonyl (C=O) groups excluding carboxylic acids is 2. The number of hydrogen-bond donors (Lipinski definition) is 2. The van der Waals surface area contributed by atoms with Crippen molar-refractivity contribution in [1.82, 2.24) is 10.6 Å². The number of amides is 2. The van der Waals surface area contributed by atoms with E-state index in [1.165, 1.54) is 0 Å². The highest BCUT2D eigenvalue weighted by Gasteiger charge is 2.34. The van der Waals surface area contributed by atoms with Crippen LogP contribution in [0.25, 0.3) is 0 Å². The van der Waals surface area contributed by atoms with Crippen molar-refractivity contribution in [3.8, 4) is 11.5 Å². The summed E-state index contributed by atoms with van der Waals surface area (Å²) in [5.41, 5.74) is 1.57. The van der Waals surface area contributed by atoms with E-state index < -0.39 is 0 Å². The molecule has 6 heteroatoms. The van der Waals surface area contributed by atoms with Gasteiger partial charge in [-0.05, 0) is 54.8 Å². The minimum atomic E-state index is -0.208. The molecule has 1 aliphatic carbocycles. The van der Waals surface area contributed by atoms with E-state index >= 15 is 0 Å². The molecular formula is C22H26N2O4. The SMILES string of the molecule is COc1ccc(CNC(=O)[C@H]2CCC[C@H]2NC(=O)c2ccc(OC)cc2)cc1. The van der Waals surface area contributed by atoms with Gasteiger partial charge in [-0.1, -0.05) is 18.6 Å². The number of hydrogen-bond acceptors (Lipinski definition) is 4. The van der Waals surface area contributed by atoms with Crippen molar-refractivity contribution in [1.29, 1.82) is 0 Å². The summed E-state index contributed by atoms with van der Waals surface area (Å²) < 4.78 is 10.3. The van der Waals surface area contributed by atoms with Crippen LogP contribution in [0.15, 0.2) is 48.5 Å². The third-order valence-electron chi connectivity index (χ3n) is 5.15. The molecule has 0 radical (unpaired) electrons. The third kappa shape index (κ3) is 4.82. The smallest absolute Gasteiger partial charge is 0.251 e. The maximum atomic E-state index is 12.7. The fourth-order valence-corrected chi connectivity index (χ4v) is 3.50. The highest BCUT2D eigenvalue weighted by Crippen LogP contribution is 2.26. The summed E-state index contributed by atoms with van der Waals surface area (Å²) in [5.74, 6) is 1.09. The van der Waals surface area contributed by atoms with Crippen LogP contribution in [0.4, 0.5) is 0 Å². The van der Waals surface area contributed by atoms with Gasteiger partial charge in [-0.25, -0.2) is 0 Å². The lowest BCUT2D eigenvalue weighted by Crippen LogP contribution is -2.43. The van der Waals surface area contributed by atoms with Gasteiger partial charge >= 0.3 is 0 Å². The van der Waals surface area contributed by atoms with E-state index in [0.717, 1.165) is 30.6 Å². The Balaban J connectivity index is 1.55. The average Bonchev–Trinajstić information content (AvgIpc) is 3.20. The molecule has 0 unspecified atom stereocenters. The van der Waals surface area contributed by atoms with Crippen LogP contribution in [0.5, 0.6) is 11.5 Å². The number of rotatable bonds is 7. The van der Waals surface area contributed by atoms with Gasteiger partial charge in [0.15, 0.2) is 0 Å². The Labute approximate surface area is 165 Å². The summed E-state index contributed by atoms with van der Waals surface area (Å²) in [6, 6.07) is 14.4. The maximum absolute atomic E-state index is 12.7. The molecule has 148 valence electrons. The second-order valence-electron chi connectivity index (χ2n) is 6.91. The van der Waals surface area contributed by atoms with Crippen LogP contribution >= 0.6 is 0 Å². The van der Waals surface area contributed by atoms with Crippen molar-refractivity contribution in [2.24, 2.45) is 5.92 Å². The van der Waals surface area contributed by atoms with Gasteiger partial charge in [-0.15, -0.1) is 0 Å². The van der Waals surface area contributed by atoms with Gasteiger partial charge in [0, 0.05) is 18.2 Å². The molecule has 2 aromatic carbocycles. The fraction of sp³-hybridized carbons (Fsp3) is 0.364. The molecule has 0 spiro atoms. The minimum Gasteiger partial charge on any atom is -0.497 e. The van der Waals surface area contributed by atoms with Crippen molar-refractivity contribution in [2.75, 3.05) is 14.2 Å². The minimum absolute atomic E-state index is 0.0200. The third-order valence-corrected chi connectivity index (χ3v) is 5.15. The van der Waals surface area contributed by atoms with Crippen molar-refractivity contribution >= 4 is 11.8 Å². The average molecular weight is 382 g/mol. The molecule has 2 amide bonds. The van der Waals surface area contributed by atoms with Crippen LogP contribution in [0.3, 0.4) is 0 Å². The van der Waals surface area contributed by atoms with Crippen molar-refractivity contribution in [3.05, 3.63) is 59.7 Å². The van der Waals surface area contributed by atoms with Crippen LogP contribution < -0.4 is 20.1 Å². The van der Waals surface area contributed by atoms with Gasteiger partial charge in [0.25, 0.3) is 5.91 Å². The first-order valence-corrected chi connectivity index (χ1v) is 9.46. The first-order valence-electron chi connectivity index (χ1n) is 9.46. The number of methoxy groups -OCH3 is 2. The van der Waals surface area contributed by atoms with E-state index in [4.69, 9.17) is 9.47 Å². The summed E-state index contributed by atoms with van der Waals surface area (Å²) >= 11 is 0. The molecule has 0 bridgehead atoms. The zero-order chi connectivity index (χ0) is 19.9. The zero-order valence-electron chi connectivity index (χ0n) is 16.2. The molecule has 6 nitrogen and oxygen atoms in total. The number of carbonyl (C=O) groups is 2. The lowest BCUT2D eigenvalue weighted by molar-refractivity contribution is -0.125. The maximum Gasteiger partial charge on any atom is 0.251 e. The van der Waals surface area contributed by atoms with E-state index in [9.17, 15) is 9.59 Å². The van der Waals surface area contributed by atoms with E-state index in [1.807, 2.05) is 24.3 Å². The van der Waals surface area contributed by atoms with E-state index in [-0.39, 0.29) is 23.8 Å². The molecule has 0 heterocycles. The van der Waals surface area contributed by atoms with Crippen LogP contribution in [-0.4, -0.2) is 32.1 Å². The second-order valence-corrected chi connectivity index (χ2v) is 6.91. The number of nitrogens with one attached hydrogen (secondary N) is 2.